The van der Waals surface area contributed by atoms with Gasteiger partial charge in [-0.15, -0.1) is 5.10 Å². The van der Waals surface area contributed by atoms with E-state index in [2.05, 4.69) is 10.1 Å². The molecule has 2 aromatic carbocycles. The monoisotopic (exact) mass is 379 g/mol. The average molecular weight is 379 g/mol. The number of nitrogens with zero attached hydrogens (tertiary/aromatic N) is 3. The average Bonchev–Trinajstić information content (AvgIpc) is 3.22. The number of aryl methyl sites for hydroxylation is 1. The highest BCUT2D eigenvalue weighted by Crippen LogP contribution is 2.31. The fourth-order valence-corrected chi connectivity index (χ4v) is 3.72. The summed E-state index contributed by atoms with van der Waals surface area (Å²) < 4.78 is 12.6. The fourth-order valence-electron chi connectivity index (χ4n) is 2.83. The summed E-state index contributed by atoms with van der Waals surface area (Å²) in [5, 5.41) is 4.38. The SMILES string of the molecule is COc1cccc(/C=c2/sc3nc(-c4ccc(C)cc4)nn3c2=O)c1OC. The van der Waals surface area contributed by atoms with E-state index in [-0.39, 0.29) is 5.56 Å². The minimum Gasteiger partial charge on any atom is -0.493 e. The van der Waals surface area contributed by atoms with Crippen LogP contribution in [-0.2, 0) is 0 Å². The molecule has 0 bridgehead atoms. The van der Waals surface area contributed by atoms with Gasteiger partial charge in [-0.3, -0.25) is 4.79 Å². The van der Waals surface area contributed by atoms with Crippen LogP contribution in [-0.4, -0.2) is 28.8 Å². The molecule has 0 saturated heterocycles. The van der Waals surface area contributed by atoms with Gasteiger partial charge in [0, 0.05) is 11.1 Å². The third-order valence-corrected chi connectivity index (χ3v) is 5.17. The van der Waals surface area contributed by atoms with Crippen LogP contribution in [0.4, 0.5) is 0 Å². The Labute approximate surface area is 159 Å². The number of fused-ring (bicyclic) bond motifs is 1. The summed E-state index contributed by atoms with van der Waals surface area (Å²) in [7, 11) is 3.15. The van der Waals surface area contributed by atoms with E-state index >= 15 is 0 Å². The van der Waals surface area contributed by atoms with E-state index < -0.39 is 0 Å². The van der Waals surface area contributed by atoms with Crippen molar-refractivity contribution in [1.82, 2.24) is 14.6 Å². The molecule has 6 nitrogen and oxygen atoms in total. The predicted octanol–water partition coefficient (Wildman–Crippen LogP) is 2.69. The Morgan fingerprint density at radius 2 is 1.85 bits per heavy atom. The fraction of sp³-hybridized carbons (Fsp3) is 0.150. The maximum atomic E-state index is 12.8. The van der Waals surface area contributed by atoms with Crippen molar-refractivity contribution in [1.29, 1.82) is 0 Å². The van der Waals surface area contributed by atoms with Crippen LogP contribution in [0.3, 0.4) is 0 Å². The summed E-state index contributed by atoms with van der Waals surface area (Å²) in [5.41, 5.74) is 2.60. The van der Waals surface area contributed by atoms with Crippen molar-refractivity contribution in [3.8, 4) is 22.9 Å². The van der Waals surface area contributed by atoms with Gasteiger partial charge in [-0.05, 0) is 19.1 Å². The lowest BCUT2D eigenvalue weighted by atomic mass is 10.1. The molecule has 0 amide bonds. The molecule has 2 aromatic heterocycles. The molecular formula is C20H17N3O3S. The van der Waals surface area contributed by atoms with E-state index in [0.717, 1.165) is 16.7 Å². The number of para-hydroxylation sites is 1. The number of aromatic nitrogens is 3. The van der Waals surface area contributed by atoms with Crippen LogP contribution in [0.1, 0.15) is 11.1 Å². The van der Waals surface area contributed by atoms with Crippen molar-refractivity contribution in [3.63, 3.8) is 0 Å². The minimum absolute atomic E-state index is 0.203. The maximum Gasteiger partial charge on any atom is 0.291 e. The van der Waals surface area contributed by atoms with Crippen molar-refractivity contribution in [2.24, 2.45) is 0 Å². The van der Waals surface area contributed by atoms with E-state index in [0.29, 0.717) is 26.8 Å². The molecule has 7 heteroatoms. The van der Waals surface area contributed by atoms with Crippen molar-refractivity contribution >= 4 is 22.4 Å². The smallest absolute Gasteiger partial charge is 0.291 e. The summed E-state index contributed by atoms with van der Waals surface area (Å²) in [6.07, 6.45) is 1.77. The second-order valence-electron chi connectivity index (χ2n) is 5.99. The molecule has 0 saturated carbocycles. The molecule has 136 valence electrons. The highest BCUT2D eigenvalue weighted by molar-refractivity contribution is 7.15. The Morgan fingerprint density at radius 3 is 2.52 bits per heavy atom. The first-order chi connectivity index (χ1) is 13.1. The topological polar surface area (TPSA) is 65.7 Å². The number of rotatable bonds is 4. The molecule has 0 spiro atoms. The van der Waals surface area contributed by atoms with Gasteiger partial charge in [-0.1, -0.05) is 53.3 Å². The zero-order chi connectivity index (χ0) is 19.0. The highest BCUT2D eigenvalue weighted by Gasteiger charge is 2.13. The number of benzene rings is 2. The lowest BCUT2D eigenvalue weighted by molar-refractivity contribution is 0.354. The van der Waals surface area contributed by atoms with Crippen molar-refractivity contribution in [3.05, 3.63) is 68.5 Å². The van der Waals surface area contributed by atoms with Gasteiger partial charge < -0.3 is 9.47 Å². The second kappa shape index (κ2) is 6.85. The third-order valence-electron chi connectivity index (χ3n) is 4.21. The van der Waals surface area contributed by atoms with E-state index in [4.69, 9.17) is 9.47 Å². The summed E-state index contributed by atoms with van der Waals surface area (Å²) >= 11 is 1.29. The Morgan fingerprint density at radius 1 is 1.07 bits per heavy atom. The number of hydrogen-bond acceptors (Lipinski definition) is 6. The molecule has 2 heterocycles. The quantitative estimate of drug-likeness (QED) is 0.545. The van der Waals surface area contributed by atoms with Crippen LogP contribution in [0.5, 0.6) is 11.5 Å². The molecule has 0 fully saturated rings. The van der Waals surface area contributed by atoms with Gasteiger partial charge in [0.05, 0.1) is 18.8 Å². The predicted molar refractivity (Wildman–Crippen MR) is 106 cm³/mol. The molecule has 0 aliphatic heterocycles. The van der Waals surface area contributed by atoms with Crippen LogP contribution in [0.15, 0.2) is 47.3 Å². The zero-order valence-corrected chi connectivity index (χ0v) is 15.9. The van der Waals surface area contributed by atoms with Gasteiger partial charge in [0.2, 0.25) is 4.96 Å². The van der Waals surface area contributed by atoms with E-state index in [1.54, 1.807) is 20.3 Å². The summed E-state index contributed by atoms with van der Waals surface area (Å²) in [4.78, 5) is 17.8. The van der Waals surface area contributed by atoms with Crippen molar-refractivity contribution in [2.75, 3.05) is 14.2 Å². The molecule has 0 aliphatic carbocycles. The Hall–Kier alpha value is -3.19. The molecule has 4 aromatic rings. The van der Waals surface area contributed by atoms with Gasteiger partial charge in [-0.2, -0.15) is 9.50 Å². The second-order valence-corrected chi connectivity index (χ2v) is 7.00. The lowest BCUT2D eigenvalue weighted by Gasteiger charge is -2.09. The molecule has 0 aliphatic rings. The third kappa shape index (κ3) is 3.06. The largest absolute Gasteiger partial charge is 0.493 e. The molecule has 4 rings (SSSR count). The van der Waals surface area contributed by atoms with Crippen LogP contribution in [0, 0.1) is 6.92 Å². The van der Waals surface area contributed by atoms with E-state index in [1.165, 1.54) is 15.9 Å². The van der Waals surface area contributed by atoms with Gasteiger partial charge in [-0.25, -0.2) is 0 Å². The van der Waals surface area contributed by atoms with Crippen molar-refractivity contribution in [2.45, 2.75) is 6.92 Å². The lowest BCUT2D eigenvalue weighted by Crippen LogP contribution is -2.23. The molecular weight excluding hydrogens is 362 g/mol. The zero-order valence-electron chi connectivity index (χ0n) is 15.1. The number of ether oxygens (including phenoxy) is 2. The Bertz CT molecular complexity index is 1230. The van der Waals surface area contributed by atoms with Crippen LogP contribution in [0.25, 0.3) is 22.4 Å². The molecule has 0 unspecified atom stereocenters. The van der Waals surface area contributed by atoms with Gasteiger partial charge in [0.1, 0.15) is 0 Å². The normalized spacial score (nSPS) is 11.9. The van der Waals surface area contributed by atoms with Crippen molar-refractivity contribution < 1.29 is 9.47 Å². The van der Waals surface area contributed by atoms with E-state index in [9.17, 15) is 4.79 Å². The molecule has 27 heavy (non-hydrogen) atoms. The molecule has 0 N–H and O–H groups in total. The first kappa shape index (κ1) is 17.2. The first-order valence-corrected chi connectivity index (χ1v) is 9.11. The summed E-state index contributed by atoms with van der Waals surface area (Å²) in [6.45, 7) is 2.02. The maximum absolute atomic E-state index is 12.8. The number of thiazole rings is 1. The standard InChI is InChI=1S/C20H17N3O3S/c1-12-7-9-13(10-8-12)18-21-20-23(22-18)19(24)16(27-20)11-14-5-4-6-15(25-2)17(14)26-3/h4-11H,1-3H3/b16-11+. The summed E-state index contributed by atoms with van der Waals surface area (Å²) in [5.74, 6) is 1.74. The first-order valence-electron chi connectivity index (χ1n) is 8.30. The van der Waals surface area contributed by atoms with Crippen LogP contribution >= 0.6 is 11.3 Å². The minimum atomic E-state index is -0.203. The van der Waals surface area contributed by atoms with Crippen LogP contribution in [0.2, 0.25) is 0 Å². The van der Waals surface area contributed by atoms with Gasteiger partial charge in [0.15, 0.2) is 17.3 Å². The number of hydrogen-bond donors (Lipinski definition) is 0. The molecule has 0 radical (unpaired) electrons. The van der Waals surface area contributed by atoms with E-state index in [1.807, 2.05) is 49.4 Å². The number of methoxy groups -OCH3 is 2. The Kier molecular flexibility index (Phi) is 4.37. The Balaban J connectivity index is 1.82. The van der Waals surface area contributed by atoms with Gasteiger partial charge >= 0.3 is 0 Å². The highest BCUT2D eigenvalue weighted by atomic mass is 32.1. The van der Waals surface area contributed by atoms with Gasteiger partial charge in [0.25, 0.3) is 5.56 Å². The summed E-state index contributed by atoms with van der Waals surface area (Å²) in [6, 6.07) is 13.4. The van der Waals surface area contributed by atoms with Crippen LogP contribution < -0.4 is 19.6 Å². The molecule has 0 atom stereocenters.